The van der Waals surface area contributed by atoms with Crippen LogP contribution in [0.5, 0.6) is 11.5 Å². The summed E-state index contributed by atoms with van der Waals surface area (Å²) < 4.78 is 11.7. The zero-order chi connectivity index (χ0) is 16.3. The molecule has 1 aromatic carbocycles. The number of hydrogen-bond donors (Lipinski definition) is 0. The monoisotopic (exact) mass is 364 g/mol. The average Bonchev–Trinajstić information content (AvgIpc) is 2.47. The molecule has 0 atom stereocenters. The van der Waals surface area contributed by atoms with Gasteiger partial charge in [-0.2, -0.15) is 0 Å². The number of methoxy groups -OCH3 is 2. The molecule has 0 fully saturated rings. The Morgan fingerprint density at radius 2 is 1.86 bits per heavy atom. The quantitative estimate of drug-likeness (QED) is 0.651. The molecule has 1 aliphatic carbocycles. The van der Waals surface area contributed by atoms with Crippen molar-refractivity contribution in [2.45, 2.75) is 40.0 Å². The molecule has 0 radical (unpaired) electrons. The Hall–Kier alpha value is -1.22. The van der Waals surface area contributed by atoms with E-state index in [0.29, 0.717) is 0 Å². The molecule has 1 aromatic rings. The van der Waals surface area contributed by atoms with Crippen molar-refractivity contribution in [2.24, 2.45) is 5.41 Å². The van der Waals surface area contributed by atoms with Gasteiger partial charge in [0.15, 0.2) is 11.5 Å². The number of ether oxygens (including phenoxy) is 2. The fourth-order valence-corrected chi connectivity index (χ4v) is 3.84. The number of allylic oxidation sites excluding steroid dienone is 3. The first-order chi connectivity index (χ1) is 10.4. The van der Waals surface area contributed by atoms with Crippen LogP contribution < -0.4 is 9.47 Å². The van der Waals surface area contributed by atoms with E-state index in [1.54, 1.807) is 14.2 Å². The molecule has 120 valence electrons. The number of rotatable bonds is 4. The largest absolute Gasteiger partial charge is 0.493 e. The van der Waals surface area contributed by atoms with Crippen molar-refractivity contribution in [3.63, 3.8) is 0 Å². The van der Waals surface area contributed by atoms with Crippen LogP contribution in [0.4, 0.5) is 0 Å². The Bertz CT molecular complexity index is 612. The summed E-state index contributed by atoms with van der Waals surface area (Å²) in [6.45, 7) is 6.92. The van der Waals surface area contributed by atoms with Gasteiger partial charge >= 0.3 is 0 Å². The first-order valence-electron chi connectivity index (χ1n) is 7.69. The second kappa shape index (κ2) is 6.91. The van der Waals surface area contributed by atoms with Crippen LogP contribution >= 0.6 is 15.9 Å². The van der Waals surface area contributed by atoms with Crippen molar-refractivity contribution in [1.29, 1.82) is 0 Å². The van der Waals surface area contributed by atoms with Gasteiger partial charge in [0.05, 0.1) is 18.7 Å². The summed E-state index contributed by atoms with van der Waals surface area (Å²) in [6, 6.07) is 3.99. The lowest BCUT2D eigenvalue weighted by molar-refractivity contribution is 0.353. The minimum absolute atomic E-state index is 0.252. The second-order valence-corrected chi connectivity index (χ2v) is 7.26. The van der Waals surface area contributed by atoms with Gasteiger partial charge in [-0.25, -0.2) is 0 Å². The van der Waals surface area contributed by atoms with Gasteiger partial charge in [-0.15, -0.1) is 0 Å². The molecule has 0 bridgehead atoms. The normalized spacial score (nSPS) is 17.9. The number of hydrogen-bond acceptors (Lipinski definition) is 2. The molecule has 0 aliphatic heterocycles. The standard InChI is InChI=1S/C19H25BrO2/c1-13-7-6-12-19(2,3)15(13)10-8-14-9-11-16(21-4)18(22-5)17(14)20/h8-11H,6-7,12H2,1-5H3/b10-8+. The van der Waals surface area contributed by atoms with Crippen LogP contribution in [0.2, 0.25) is 0 Å². The van der Waals surface area contributed by atoms with Crippen LogP contribution in [-0.4, -0.2) is 14.2 Å². The topological polar surface area (TPSA) is 18.5 Å². The zero-order valence-electron chi connectivity index (χ0n) is 14.1. The Labute approximate surface area is 142 Å². The molecular formula is C19H25BrO2. The predicted octanol–water partition coefficient (Wildman–Crippen LogP) is 6.01. The molecule has 1 aliphatic rings. The van der Waals surface area contributed by atoms with Crippen LogP contribution in [0, 0.1) is 5.41 Å². The maximum atomic E-state index is 5.44. The maximum Gasteiger partial charge on any atom is 0.175 e. The van der Waals surface area contributed by atoms with Gasteiger partial charge in [-0.05, 0) is 70.8 Å². The lowest BCUT2D eigenvalue weighted by Gasteiger charge is -2.33. The van der Waals surface area contributed by atoms with Crippen molar-refractivity contribution in [3.05, 3.63) is 39.4 Å². The summed E-state index contributed by atoms with van der Waals surface area (Å²) in [5.74, 6) is 1.47. The molecule has 0 N–H and O–H groups in total. The van der Waals surface area contributed by atoms with Gasteiger partial charge in [0.25, 0.3) is 0 Å². The van der Waals surface area contributed by atoms with E-state index in [0.717, 1.165) is 21.5 Å². The third-order valence-electron chi connectivity index (χ3n) is 4.49. The first kappa shape index (κ1) is 17.1. The van der Waals surface area contributed by atoms with E-state index in [4.69, 9.17) is 9.47 Å². The van der Waals surface area contributed by atoms with Gasteiger partial charge in [0.2, 0.25) is 0 Å². The minimum Gasteiger partial charge on any atom is -0.493 e. The fraction of sp³-hybridized carbons (Fsp3) is 0.474. The molecular weight excluding hydrogens is 340 g/mol. The van der Waals surface area contributed by atoms with Crippen LogP contribution in [0.25, 0.3) is 6.08 Å². The summed E-state index contributed by atoms with van der Waals surface area (Å²) in [7, 11) is 3.31. The molecule has 0 aromatic heterocycles. The predicted molar refractivity (Wildman–Crippen MR) is 96.6 cm³/mol. The molecule has 22 heavy (non-hydrogen) atoms. The highest BCUT2D eigenvalue weighted by Gasteiger charge is 2.26. The average molecular weight is 365 g/mol. The number of benzene rings is 1. The van der Waals surface area contributed by atoms with Crippen molar-refractivity contribution in [3.8, 4) is 11.5 Å². The Morgan fingerprint density at radius 1 is 1.14 bits per heavy atom. The summed E-state index contributed by atoms with van der Waals surface area (Å²) in [4.78, 5) is 0. The SMILES string of the molecule is COc1ccc(/C=C/C2=C(C)CCCC2(C)C)c(Br)c1OC. The first-order valence-corrected chi connectivity index (χ1v) is 8.49. The second-order valence-electron chi connectivity index (χ2n) is 6.47. The zero-order valence-corrected chi connectivity index (χ0v) is 15.7. The van der Waals surface area contributed by atoms with E-state index >= 15 is 0 Å². The van der Waals surface area contributed by atoms with E-state index in [9.17, 15) is 0 Å². The highest BCUT2D eigenvalue weighted by Crippen LogP contribution is 2.42. The fourth-order valence-electron chi connectivity index (χ4n) is 3.22. The molecule has 0 amide bonds. The third-order valence-corrected chi connectivity index (χ3v) is 5.30. The molecule has 0 saturated heterocycles. The van der Waals surface area contributed by atoms with Crippen molar-refractivity contribution >= 4 is 22.0 Å². The van der Waals surface area contributed by atoms with E-state index in [1.165, 1.54) is 30.4 Å². The molecule has 0 heterocycles. The third kappa shape index (κ3) is 3.40. The van der Waals surface area contributed by atoms with Gasteiger partial charge in [0, 0.05) is 0 Å². The van der Waals surface area contributed by atoms with Crippen LogP contribution in [0.1, 0.15) is 45.6 Å². The van der Waals surface area contributed by atoms with E-state index < -0.39 is 0 Å². The van der Waals surface area contributed by atoms with Gasteiger partial charge < -0.3 is 9.47 Å². The lowest BCUT2D eigenvalue weighted by atomic mass is 9.72. The summed E-state index contributed by atoms with van der Waals surface area (Å²) in [5.41, 5.74) is 4.31. The van der Waals surface area contributed by atoms with Crippen LogP contribution in [0.3, 0.4) is 0 Å². The molecule has 0 unspecified atom stereocenters. The van der Waals surface area contributed by atoms with Gasteiger partial charge in [0.1, 0.15) is 0 Å². The molecule has 0 spiro atoms. The summed E-state index contributed by atoms with van der Waals surface area (Å²) in [5, 5.41) is 0. The number of halogens is 1. The highest BCUT2D eigenvalue weighted by molar-refractivity contribution is 9.10. The van der Waals surface area contributed by atoms with Crippen molar-refractivity contribution in [1.82, 2.24) is 0 Å². The summed E-state index contributed by atoms with van der Waals surface area (Å²) in [6.07, 6.45) is 8.17. The van der Waals surface area contributed by atoms with E-state index in [-0.39, 0.29) is 5.41 Å². The lowest BCUT2D eigenvalue weighted by Crippen LogP contribution is -2.18. The Balaban J connectivity index is 2.38. The molecule has 2 rings (SSSR count). The summed E-state index contributed by atoms with van der Waals surface area (Å²) >= 11 is 3.63. The van der Waals surface area contributed by atoms with Gasteiger partial charge in [-0.3, -0.25) is 0 Å². The minimum atomic E-state index is 0.252. The Morgan fingerprint density at radius 3 is 2.45 bits per heavy atom. The maximum absolute atomic E-state index is 5.44. The van der Waals surface area contributed by atoms with Gasteiger partial charge in [-0.1, -0.05) is 31.6 Å². The van der Waals surface area contributed by atoms with E-state index in [2.05, 4.69) is 48.9 Å². The van der Waals surface area contributed by atoms with Crippen LogP contribution in [0.15, 0.2) is 33.8 Å². The van der Waals surface area contributed by atoms with Crippen molar-refractivity contribution < 1.29 is 9.47 Å². The molecule has 0 saturated carbocycles. The molecule has 2 nitrogen and oxygen atoms in total. The Kier molecular flexibility index (Phi) is 5.38. The smallest absolute Gasteiger partial charge is 0.175 e. The van der Waals surface area contributed by atoms with Crippen LogP contribution in [-0.2, 0) is 0 Å². The van der Waals surface area contributed by atoms with E-state index in [1.807, 2.05) is 12.1 Å². The molecule has 3 heteroatoms. The van der Waals surface area contributed by atoms with Crippen molar-refractivity contribution in [2.75, 3.05) is 14.2 Å². The highest BCUT2D eigenvalue weighted by atomic mass is 79.9.